The van der Waals surface area contributed by atoms with Gasteiger partial charge in [-0.3, -0.25) is 4.79 Å². The van der Waals surface area contributed by atoms with Gasteiger partial charge in [0.25, 0.3) is 0 Å². The average molecular weight is 547 g/mol. The van der Waals surface area contributed by atoms with Crippen molar-refractivity contribution < 1.29 is 23.0 Å². The molecule has 0 radical (unpaired) electrons. The number of halogens is 2. The van der Waals surface area contributed by atoms with Crippen LogP contribution in [-0.4, -0.2) is 12.1 Å². The lowest BCUT2D eigenvalue weighted by molar-refractivity contribution is -0.140. The van der Waals surface area contributed by atoms with Crippen LogP contribution in [0.3, 0.4) is 0 Å². The molecule has 220 valence electrons. The monoisotopic (exact) mass is 546 g/mol. The Hall–Kier alpha value is -1.49. The Kier molecular flexibility index (Phi) is 12.1. The lowest BCUT2D eigenvalue weighted by Gasteiger charge is -2.37. The van der Waals surface area contributed by atoms with Gasteiger partial charge < -0.3 is 9.47 Å². The van der Waals surface area contributed by atoms with Crippen LogP contribution in [0.1, 0.15) is 135 Å². The molecular weight excluding hydrogens is 494 g/mol. The predicted octanol–water partition coefficient (Wildman–Crippen LogP) is 9.94. The summed E-state index contributed by atoms with van der Waals surface area (Å²) in [5.41, 5.74) is 0.184. The van der Waals surface area contributed by atoms with E-state index in [9.17, 15) is 13.6 Å². The minimum atomic E-state index is -1.08. The second-order valence-corrected chi connectivity index (χ2v) is 12.9. The quantitative estimate of drug-likeness (QED) is 0.149. The first kappa shape index (κ1) is 30.5. The maximum Gasteiger partial charge on any atom is 0.314 e. The van der Waals surface area contributed by atoms with Crippen LogP contribution in [0.2, 0.25) is 0 Å². The molecule has 1 aromatic carbocycles. The lowest BCUT2D eigenvalue weighted by Crippen LogP contribution is -2.30. The third-order valence-corrected chi connectivity index (χ3v) is 10.2. The molecule has 0 bridgehead atoms. The van der Waals surface area contributed by atoms with Crippen molar-refractivity contribution in [1.82, 2.24) is 0 Å². The van der Waals surface area contributed by atoms with Crippen LogP contribution in [0, 0.1) is 41.2 Å². The van der Waals surface area contributed by atoms with Gasteiger partial charge in [-0.2, -0.15) is 4.39 Å². The summed E-state index contributed by atoms with van der Waals surface area (Å²) in [6, 6.07) is 2.89. The molecule has 0 heterocycles. The van der Waals surface area contributed by atoms with Crippen molar-refractivity contribution in [2.24, 2.45) is 29.6 Å². The first-order valence-electron chi connectivity index (χ1n) is 16.3. The molecule has 3 aliphatic rings. The molecule has 4 rings (SSSR count). The standard InChI is InChI=1S/C34H52F2O3/c1-3-5-6-8-25-9-13-26(14-10-25)27-15-17-28(18-16-27)34(37)39-31-22-19-29(32(35)33(31)36)23-38-30-20-11-24(7-4-2)12-21-30/h19,22,24-28,30H,3-18,20-21,23H2,1-2H3. The van der Waals surface area contributed by atoms with Crippen LogP contribution in [0.4, 0.5) is 8.78 Å². The Balaban J connectivity index is 1.19. The van der Waals surface area contributed by atoms with Gasteiger partial charge in [0.1, 0.15) is 0 Å². The minimum Gasteiger partial charge on any atom is -0.423 e. The van der Waals surface area contributed by atoms with Crippen LogP contribution >= 0.6 is 0 Å². The van der Waals surface area contributed by atoms with Gasteiger partial charge in [0.15, 0.2) is 11.6 Å². The van der Waals surface area contributed by atoms with Gasteiger partial charge in [0.05, 0.1) is 18.6 Å². The highest BCUT2D eigenvalue weighted by Gasteiger charge is 2.34. The molecule has 0 aromatic heterocycles. The van der Waals surface area contributed by atoms with Crippen molar-refractivity contribution in [3.05, 3.63) is 29.3 Å². The van der Waals surface area contributed by atoms with E-state index in [2.05, 4.69) is 13.8 Å². The Morgan fingerprint density at radius 3 is 2.00 bits per heavy atom. The summed E-state index contributed by atoms with van der Waals surface area (Å²) >= 11 is 0. The van der Waals surface area contributed by atoms with E-state index in [-0.39, 0.29) is 29.9 Å². The second-order valence-electron chi connectivity index (χ2n) is 12.9. The normalized spacial score (nSPS) is 29.7. The van der Waals surface area contributed by atoms with Crippen LogP contribution in [0.5, 0.6) is 5.75 Å². The van der Waals surface area contributed by atoms with E-state index in [0.717, 1.165) is 69.1 Å². The van der Waals surface area contributed by atoms with Crippen molar-refractivity contribution in [2.45, 2.75) is 142 Å². The summed E-state index contributed by atoms with van der Waals surface area (Å²) in [5, 5.41) is 0. The van der Waals surface area contributed by atoms with E-state index in [4.69, 9.17) is 9.47 Å². The maximum absolute atomic E-state index is 14.8. The molecule has 0 spiro atoms. The number of unbranched alkanes of at least 4 members (excludes halogenated alkanes) is 2. The van der Waals surface area contributed by atoms with Crippen molar-refractivity contribution in [1.29, 1.82) is 0 Å². The fourth-order valence-corrected chi connectivity index (χ4v) is 7.61. The van der Waals surface area contributed by atoms with Crippen LogP contribution in [-0.2, 0) is 16.1 Å². The van der Waals surface area contributed by atoms with E-state index in [0.29, 0.717) is 5.92 Å². The van der Waals surface area contributed by atoms with E-state index >= 15 is 0 Å². The Morgan fingerprint density at radius 1 is 0.744 bits per heavy atom. The van der Waals surface area contributed by atoms with E-state index < -0.39 is 17.6 Å². The third-order valence-electron chi connectivity index (χ3n) is 10.2. The molecule has 0 amide bonds. The molecule has 0 atom stereocenters. The zero-order valence-corrected chi connectivity index (χ0v) is 24.5. The summed E-state index contributed by atoms with van der Waals surface area (Å²) in [5.74, 6) is 0.183. The van der Waals surface area contributed by atoms with Crippen molar-refractivity contribution in [2.75, 3.05) is 0 Å². The molecule has 3 nitrogen and oxygen atoms in total. The average Bonchev–Trinajstić information content (AvgIpc) is 2.96. The summed E-state index contributed by atoms with van der Waals surface area (Å²) in [6.07, 6.45) is 21.3. The van der Waals surface area contributed by atoms with Crippen LogP contribution in [0.25, 0.3) is 0 Å². The number of benzene rings is 1. The Morgan fingerprint density at radius 2 is 1.36 bits per heavy atom. The third kappa shape index (κ3) is 8.75. The predicted molar refractivity (Wildman–Crippen MR) is 152 cm³/mol. The number of carbonyl (C=O) groups is 1. The molecule has 3 saturated carbocycles. The molecule has 0 saturated heterocycles. The highest BCUT2D eigenvalue weighted by atomic mass is 19.2. The summed E-state index contributed by atoms with van der Waals surface area (Å²) in [4.78, 5) is 12.8. The molecule has 3 aliphatic carbocycles. The summed E-state index contributed by atoms with van der Waals surface area (Å²) in [7, 11) is 0. The van der Waals surface area contributed by atoms with Gasteiger partial charge in [0.2, 0.25) is 5.82 Å². The van der Waals surface area contributed by atoms with E-state index in [1.807, 2.05) is 0 Å². The maximum atomic E-state index is 14.8. The molecule has 0 aliphatic heterocycles. The van der Waals surface area contributed by atoms with Gasteiger partial charge >= 0.3 is 5.97 Å². The van der Waals surface area contributed by atoms with Crippen molar-refractivity contribution in [3.63, 3.8) is 0 Å². The zero-order chi connectivity index (χ0) is 27.6. The molecule has 0 unspecified atom stereocenters. The summed E-state index contributed by atoms with van der Waals surface area (Å²) in [6.45, 7) is 4.53. The van der Waals surface area contributed by atoms with E-state index in [1.165, 1.54) is 76.3 Å². The summed E-state index contributed by atoms with van der Waals surface area (Å²) < 4.78 is 40.9. The Labute approximate surface area is 235 Å². The van der Waals surface area contributed by atoms with Crippen molar-refractivity contribution >= 4 is 5.97 Å². The van der Waals surface area contributed by atoms with Gasteiger partial charge in [-0.15, -0.1) is 0 Å². The van der Waals surface area contributed by atoms with Crippen LogP contribution in [0.15, 0.2) is 12.1 Å². The number of esters is 1. The molecule has 5 heteroatoms. The zero-order valence-electron chi connectivity index (χ0n) is 24.5. The fourth-order valence-electron chi connectivity index (χ4n) is 7.61. The van der Waals surface area contributed by atoms with Crippen molar-refractivity contribution in [3.8, 4) is 5.75 Å². The SMILES string of the molecule is CCCCCC1CCC(C2CCC(C(=O)Oc3ccc(COC4CCC(CCC)CC4)c(F)c3F)CC2)CC1. The minimum absolute atomic E-state index is 0.0464. The first-order chi connectivity index (χ1) is 19.0. The fraction of sp³-hybridized carbons (Fsp3) is 0.794. The number of hydrogen-bond donors (Lipinski definition) is 0. The van der Waals surface area contributed by atoms with Gasteiger partial charge in [-0.1, -0.05) is 65.2 Å². The molecule has 1 aromatic rings. The lowest BCUT2D eigenvalue weighted by atomic mass is 9.68. The number of ether oxygens (including phenoxy) is 2. The van der Waals surface area contributed by atoms with Gasteiger partial charge in [0, 0.05) is 5.56 Å². The second kappa shape index (κ2) is 15.5. The van der Waals surface area contributed by atoms with Gasteiger partial charge in [-0.25, -0.2) is 4.39 Å². The first-order valence-corrected chi connectivity index (χ1v) is 16.3. The van der Waals surface area contributed by atoms with Gasteiger partial charge in [-0.05, 0) is 100 Å². The molecule has 3 fully saturated rings. The number of carbonyl (C=O) groups excluding carboxylic acids is 1. The number of rotatable bonds is 12. The number of hydrogen-bond acceptors (Lipinski definition) is 3. The topological polar surface area (TPSA) is 35.5 Å². The molecule has 0 N–H and O–H groups in total. The highest BCUT2D eigenvalue weighted by Crippen LogP contribution is 2.42. The highest BCUT2D eigenvalue weighted by molar-refractivity contribution is 5.75. The molecule has 39 heavy (non-hydrogen) atoms. The largest absolute Gasteiger partial charge is 0.423 e. The smallest absolute Gasteiger partial charge is 0.314 e. The molecular formula is C34H52F2O3. The Bertz CT molecular complexity index is 879. The van der Waals surface area contributed by atoms with Crippen LogP contribution < -0.4 is 4.74 Å². The van der Waals surface area contributed by atoms with E-state index in [1.54, 1.807) is 0 Å².